The van der Waals surface area contributed by atoms with Gasteiger partial charge >= 0.3 is 0 Å². The third-order valence-electron chi connectivity index (χ3n) is 7.67. The summed E-state index contributed by atoms with van der Waals surface area (Å²) in [5, 5.41) is 10.6. The van der Waals surface area contributed by atoms with Gasteiger partial charge in [0.05, 0.1) is 24.4 Å². The van der Waals surface area contributed by atoms with Crippen LogP contribution >= 0.6 is 0 Å². The van der Waals surface area contributed by atoms with Crippen molar-refractivity contribution in [1.82, 2.24) is 0 Å². The van der Waals surface area contributed by atoms with Gasteiger partial charge < -0.3 is 14.6 Å². The van der Waals surface area contributed by atoms with E-state index < -0.39 is 0 Å². The van der Waals surface area contributed by atoms with Gasteiger partial charge in [-0.25, -0.2) is 0 Å². The predicted octanol–water partition coefficient (Wildman–Crippen LogP) is 7.23. The van der Waals surface area contributed by atoms with E-state index in [4.69, 9.17) is 9.47 Å². The van der Waals surface area contributed by atoms with Gasteiger partial charge in [-0.05, 0) is 99.7 Å². The van der Waals surface area contributed by atoms with Crippen LogP contribution in [0.25, 0.3) is 0 Å². The third-order valence-corrected chi connectivity index (χ3v) is 7.67. The molecule has 176 valence electrons. The molecular formula is C28H46O3. The van der Waals surface area contributed by atoms with Crippen molar-refractivity contribution in [2.24, 2.45) is 10.8 Å². The van der Waals surface area contributed by atoms with Crippen molar-refractivity contribution >= 4 is 0 Å². The number of hydrogen-bond acceptors (Lipinski definition) is 3. The fraction of sp³-hybridized carbons (Fsp3) is 0.786. The maximum absolute atomic E-state index is 10.6. The highest BCUT2D eigenvalue weighted by atomic mass is 16.5. The minimum absolute atomic E-state index is 0.107. The van der Waals surface area contributed by atoms with E-state index in [2.05, 4.69) is 47.6 Å². The SMILES string of the molecule is CC(Cc1cccc(O)c1CC(C)OC1CCC(C)(C)CC1)OC1CCC(C)(C)CC1. The molecule has 0 heterocycles. The fourth-order valence-corrected chi connectivity index (χ4v) is 5.42. The lowest BCUT2D eigenvalue weighted by molar-refractivity contribution is -0.0392. The van der Waals surface area contributed by atoms with Crippen molar-refractivity contribution in [3.8, 4) is 5.75 Å². The van der Waals surface area contributed by atoms with Crippen LogP contribution in [0.2, 0.25) is 0 Å². The highest BCUT2D eigenvalue weighted by Crippen LogP contribution is 2.38. The van der Waals surface area contributed by atoms with Gasteiger partial charge in [0.25, 0.3) is 0 Å². The average molecular weight is 431 g/mol. The Morgan fingerprint density at radius 1 is 0.806 bits per heavy atom. The molecule has 2 unspecified atom stereocenters. The maximum atomic E-state index is 10.6. The summed E-state index contributed by atoms with van der Waals surface area (Å²) < 4.78 is 12.8. The first kappa shape index (κ1) is 24.6. The molecule has 0 saturated heterocycles. The smallest absolute Gasteiger partial charge is 0.119 e. The second-order valence-corrected chi connectivity index (χ2v) is 11.9. The monoisotopic (exact) mass is 430 g/mol. The van der Waals surface area contributed by atoms with Gasteiger partial charge in [0.1, 0.15) is 5.75 Å². The summed E-state index contributed by atoms with van der Waals surface area (Å²) in [6.07, 6.45) is 12.2. The van der Waals surface area contributed by atoms with Crippen LogP contribution in [-0.4, -0.2) is 29.5 Å². The van der Waals surface area contributed by atoms with E-state index in [1.54, 1.807) is 0 Å². The Bertz CT molecular complexity index is 688. The van der Waals surface area contributed by atoms with Crippen molar-refractivity contribution < 1.29 is 14.6 Å². The molecule has 1 aromatic carbocycles. The number of ether oxygens (including phenoxy) is 2. The first-order chi connectivity index (χ1) is 14.5. The van der Waals surface area contributed by atoms with Gasteiger partial charge in [0, 0.05) is 6.42 Å². The summed E-state index contributed by atoms with van der Waals surface area (Å²) in [4.78, 5) is 0. The largest absolute Gasteiger partial charge is 0.508 e. The molecule has 1 N–H and O–H groups in total. The minimum atomic E-state index is 0.107. The zero-order valence-corrected chi connectivity index (χ0v) is 20.9. The molecule has 1 aromatic rings. The number of aromatic hydroxyl groups is 1. The van der Waals surface area contributed by atoms with Crippen molar-refractivity contribution in [2.75, 3.05) is 0 Å². The van der Waals surface area contributed by atoms with Gasteiger partial charge in [-0.1, -0.05) is 39.8 Å². The van der Waals surface area contributed by atoms with Crippen LogP contribution in [0.5, 0.6) is 5.75 Å². The minimum Gasteiger partial charge on any atom is -0.508 e. The van der Waals surface area contributed by atoms with Gasteiger partial charge in [-0.15, -0.1) is 0 Å². The van der Waals surface area contributed by atoms with E-state index in [9.17, 15) is 5.11 Å². The summed E-state index contributed by atoms with van der Waals surface area (Å²) in [6.45, 7) is 13.8. The first-order valence-corrected chi connectivity index (χ1v) is 12.6. The zero-order chi connectivity index (χ0) is 22.6. The van der Waals surface area contributed by atoms with E-state index in [0.717, 1.165) is 44.1 Å². The molecule has 0 spiro atoms. The van der Waals surface area contributed by atoms with Crippen LogP contribution in [0, 0.1) is 10.8 Å². The molecule has 2 aliphatic carbocycles. The Balaban J connectivity index is 1.54. The van der Waals surface area contributed by atoms with Crippen LogP contribution in [0.4, 0.5) is 0 Å². The summed E-state index contributed by atoms with van der Waals surface area (Å²) in [5.74, 6) is 0.393. The third kappa shape index (κ3) is 7.49. The lowest BCUT2D eigenvalue weighted by Gasteiger charge is -2.36. The van der Waals surface area contributed by atoms with E-state index in [0.29, 0.717) is 28.8 Å². The molecule has 3 nitrogen and oxygen atoms in total. The molecule has 0 radical (unpaired) electrons. The standard InChI is InChI=1S/C28H46O3/c1-20(30-23-10-14-27(3,4)15-11-23)18-22-8-7-9-26(29)25(22)19-21(2)31-24-12-16-28(5,6)17-13-24/h7-9,20-21,23-24,29H,10-19H2,1-6H3. The highest BCUT2D eigenvalue weighted by Gasteiger charge is 2.30. The van der Waals surface area contributed by atoms with Crippen molar-refractivity contribution in [2.45, 2.75) is 130 Å². The first-order valence-electron chi connectivity index (χ1n) is 12.6. The number of rotatable bonds is 8. The molecule has 3 rings (SSSR count). The van der Waals surface area contributed by atoms with E-state index in [1.165, 1.54) is 31.2 Å². The molecule has 31 heavy (non-hydrogen) atoms. The summed E-state index contributed by atoms with van der Waals surface area (Å²) in [6, 6.07) is 5.91. The van der Waals surface area contributed by atoms with Crippen LogP contribution < -0.4 is 0 Å². The molecule has 0 aromatic heterocycles. The summed E-state index contributed by atoms with van der Waals surface area (Å²) in [7, 11) is 0. The van der Waals surface area contributed by atoms with Crippen molar-refractivity contribution in [3.05, 3.63) is 29.3 Å². The van der Waals surface area contributed by atoms with E-state index >= 15 is 0 Å². The number of hydrogen-bond donors (Lipinski definition) is 1. The molecular weight excluding hydrogens is 384 g/mol. The lowest BCUT2D eigenvalue weighted by Crippen LogP contribution is -2.30. The van der Waals surface area contributed by atoms with E-state index in [-0.39, 0.29) is 12.2 Å². The molecule has 0 bridgehead atoms. The molecule has 0 aliphatic heterocycles. The summed E-state index contributed by atoms with van der Waals surface area (Å²) >= 11 is 0. The topological polar surface area (TPSA) is 38.7 Å². The lowest BCUT2D eigenvalue weighted by atomic mass is 9.76. The van der Waals surface area contributed by atoms with Crippen LogP contribution in [0.1, 0.15) is 104 Å². The van der Waals surface area contributed by atoms with Gasteiger partial charge in [0.2, 0.25) is 0 Å². The second kappa shape index (κ2) is 10.3. The second-order valence-electron chi connectivity index (χ2n) is 11.9. The number of phenolic OH excluding ortho intramolecular Hbond substituents is 1. The normalized spacial score (nSPS) is 24.1. The predicted molar refractivity (Wildman–Crippen MR) is 129 cm³/mol. The molecule has 2 fully saturated rings. The Kier molecular flexibility index (Phi) is 8.13. The van der Waals surface area contributed by atoms with Gasteiger partial charge in [-0.2, -0.15) is 0 Å². The number of benzene rings is 1. The summed E-state index contributed by atoms with van der Waals surface area (Å²) in [5.41, 5.74) is 3.15. The molecule has 2 saturated carbocycles. The zero-order valence-electron chi connectivity index (χ0n) is 20.9. The molecule has 0 amide bonds. The molecule has 2 atom stereocenters. The quantitative estimate of drug-likeness (QED) is 0.473. The van der Waals surface area contributed by atoms with Crippen LogP contribution in [0.15, 0.2) is 18.2 Å². The Hall–Kier alpha value is -1.06. The maximum Gasteiger partial charge on any atom is 0.119 e. The van der Waals surface area contributed by atoms with Crippen LogP contribution in [-0.2, 0) is 22.3 Å². The van der Waals surface area contributed by atoms with E-state index in [1.807, 2.05) is 12.1 Å². The number of phenols is 1. The van der Waals surface area contributed by atoms with Gasteiger partial charge in [-0.3, -0.25) is 0 Å². The average Bonchev–Trinajstić information content (AvgIpc) is 2.68. The Labute approximate surface area is 190 Å². The van der Waals surface area contributed by atoms with Crippen molar-refractivity contribution in [3.63, 3.8) is 0 Å². The van der Waals surface area contributed by atoms with Gasteiger partial charge in [0.15, 0.2) is 0 Å². The molecule has 2 aliphatic rings. The van der Waals surface area contributed by atoms with Crippen molar-refractivity contribution in [1.29, 1.82) is 0 Å². The fourth-order valence-electron chi connectivity index (χ4n) is 5.42. The molecule has 3 heteroatoms. The van der Waals surface area contributed by atoms with Crippen LogP contribution in [0.3, 0.4) is 0 Å². The Morgan fingerprint density at radius 3 is 1.74 bits per heavy atom. The Morgan fingerprint density at radius 2 is 1.26 bits per heavy atom. The highest BCUT2D eigenvalue weighted by molar-refractivity contribution is 5.40.